The highest BCUT2D eigenvalue weighted by molar-refractivity contribution is 6.34. The molecule has 0 bridgehead atoms. The fourth-order valence-corrected chi connectivity index (χ4v) is 2.30. The van der Waals surface area contributed by atoms with E-state index in [1.165, 1.54) is 0 Å². The first-order chi connectivity index (χ1) is 10.5. The lowest BCUT2D eigenvalue weighted by molar-refractivity contribution is -0.144. The summed E-state index contributed by atoms with van der Waals surface area (Å²) in [7, 11) is 0. The van der Waals surface area contributed by atoms with Crippen LogP contribution in [0.2, 0.25) is 5.02 Å². The molecule has 0 spiro atoms. The number of hydrogen-bond donors (Lipinski definition) is 2. The van der Waals surface area contributed by atoms with Crippen molar-refractivity contribution in [1.82, 2.24) is 0 Å². The second kappa shape index (κ2) is 7.18. The number of esters is 1. The number of carbonyl (C=O) groups is 1. The van der Waals surface area contributed by atoms with Crippen LogP contribution in [0, 0.1) is 0 Å². The molecule has 0 heterocycles. The van der Waals surface area contributed by atoms with Crippen LogP contribution in [0.25, 0.3) is 0 Å². The zero-order chi connectivity index (χ0) is 16.1. The maximum Gasteiger partial charge on any atom is 0.313 e. The van der Waals surface area contributed by atoms with Crippen LogP contribution in [0.5, 0.6) is 0 Å². The van der Waals surface area contributed by atoms with Crippen molar-refractivity contribution in [1.29, 1.82) is 0 Å². The average Bonchev–Trinajstić information content (AvgIpc) is 2.51. The lowest BCUT2D eigenvalue weighted by Crippen LogP contribution is -2.12. The van der Waals surface area contributed by atoms with Gasteiger partial charge in [-0.2, -0.15) is 0 Å². The first-order valence-electron chi connectivity index (χ1n) is 7.10. The van der Waals surface area contributed by atoms with Crippen molar-refractivity contribution < 1.29 is 9.53 Å². The van der Waals surface area contributed by atoms with Gasteiger partial charge < -0.3 is 15.8 Å². The summed E-state index contributed by atoms with van der Waals surface area (Å²) in [5.74, 6) is -0.516. The molecule has 2 rings (SSSR count). The van der Waals surface area contributed by atoms with Crippen molar-refractivity contribution in [3.8, 4) is 0 Å². The molecular weight excluding hydrogens is 300 g/mol. The number of para-hydroxylation sites is 1. The number of halogens is 1. The fraction of sp³-hybridized carbons (Fsp3) is 0.235. The molecule has 2 aromatic carbocycles. The number of nitrogens with one attached hydrogen (secondary N) is 1. The molecule has 0 aliphatic carbocycles. The van der Waals surface area contributed by atoms with Gasteiger partial charge in [-0.05, 0) is 43.7 Å². The van der Waals surface area contributed by atoms with Crippen LogP contribution >= 0.6 is 11.6 Å². The molecule has 1 unspecified atom stereocenters. The smallest absolute Gasteiger partial charge is 0.313 e. The molecule has 0 fully saturated rings. The predicted octanol–water partition coefficient (Wildman–Crippen LogP) is 4.33. The van der Waals surface area contributed by atoms with E-state index in [1.807, 2.05) is 31.2 Å². The number of ether oxygens (including phenoxy) is 1. The molecule has 0 saturated carbocycles. The van der Waals surface area contributed by atoms with Gasteiger partial charge in [0.1, 0.15) is 0 Å². The lowest BCUT2D eigenvalue weighted by Gasteiger charge is -2.13. The van der Waals surface area contributed by atoms with E-state index < -0.39 is 0 Å². The summed E-state index contributed by atoms with van der Waals surface area (Å²) in [5, 5.41) is 3.75. The summed E-state index contributed by atoms with van der Waals surface area (Å²) < 4.78 is 5.03. The highest BCUT2D eigenvalue weighted by atomic mass is 35.5. The molecular formula is C17H19ClN2O2. The number of rotatable bonds is 5. The van der Waals surface area contributed by atoms with Crippen molar-refractivity contribution >= 4 is 34.6 Å². The molecule has 0 aliphatic rings. The Morgan fingerprint density at radius 3 is 2.55 bits per heavy atom. The largest absolute Gasteiger partial charge is 0.466 e. The van der Waals surface area contributed by atoms with E-state index in [1.54, 1.807) is 25.1 Å². The van der Waals surface area contributed by atoms with Gasteiger partial charge in [0, 0.05) is 5.69 Å². The first-order valence-corrected chi connectivity index (χ1v) is 7.48. The second-order valence-corrected chi connectivity index (χ2v) is 5.33. The van der Waals surface area contributed by atoms with Gasteiger partial charge >= 0.3 is 5.97 Å². The van der Waals surface area contributed by atoms with Gasteiger partial charge in [-0.15, -0.1) is 0 Å². The summed E-state index contributed by atoms with van der Waals surface area (Å²) in [6.45, 7) is 4.01. The normalized spacial score (nSPS) is 11.8. The minimum absolute atomic E-state index is 0.224. The standard InChI is InChI=1S/C17H19ClN2O2/c1-3-22-17(21)11(2)12-7-9-13(10-8-12)20-16-14(18)5-4-6-15(16)19/h4-11,20H,3,19H2,1-2H3. The molecule has 0 aromatic heterocycles. The maximum atomic E-state index is 11.7. The van der Waals surface area contributed by atoms with Gasteiger partial charge in [0.05, 0.1) is 28.9 Å². The molecule has 1 atom stereocenters. The molecule has 0 radical (unpaired) electrons. The summed E-state index contributed by atoms with van der Waals surface area (Å²) >= 11 is 6.13. The van der Waals surface area contributed by atoms with Crippen LogP contribution in [-0.2, 0) is 9.53 Å². The third kappa shape index (κ3) is 3.71. The minimum atomic E-state index is -0.292. The Morgan fingerprint density at radius 2 is 1.95 bits per heavy atom. The van der Waals surface area contributed by atoms with Crippen LogP contribution in [0.3, 0.4) is 0 Å². The number of nitrogens with two attached hydrogens (primary N) is 1. The van der Waals surface area contributed by atoms with Crippen LogP contribution in [0.1, 0.15) is 25.3 Å². The minimum Gasteiger partial charge on any atom is -0.466 e. The fourth-order valence-electron chi connectivity index (χ4n) is 2.08. The Hall–Kier alpha value is -2.20. The molecule has 0 aliphatic heterocycles. The van der Waals surface area contributed by atoms with Crippen molar-refractivity contribution in [3.05, 3.63) is 53.1 Å². The number of anilines is 3. The van der Waals surface area contributed by atoms with Crippen molar-refractivity contribution in [2.45, 2.75) is 19.8 Å². The SMILES string of the molecule is CCOC(=O)C(C)c1ccc(Nc2c(N)cccc2Cl)cc1. The molecule has 2 aromatic rings. The van der Waals surface area contributed by atoms with Gasteiger partial charge in [0.2, 0.25) is 0 Å². The summed E-state index contributed by atoms with van der Waals surface area (Å²) in [4.78, 5) is 11.7. The van der Waals surface area contributed by atoms with Crippen LogP contribution in [0.15, 0.2) is 42.5 Å². The number of benzene rings is 2. The molecule has 3 N–H and O–H groups in total. The van der Waals surface area contributed by atoms with Gasteiger partial charge in [-0.1, -0.05) is 29.8 Å². The van der Waals surface area contributed by atoms with E-state index in [0.717, 1.165) is 11.3 Å². The number of nitrogen functional groups attached to an aromatic ring is 1. The summed E-state index contributed by atoms with van der Waals surface area (Å²) in [6.07, 6.45) is 0. The molecule has 0 saturated heterocycles. The molecule has 5 heteroatoms. The Kier molecular flexibility index (Phi) is 5.28. The monoisotopic (exact) mass is 318 g/mol. The third-order valence-electron chi connectivity index (χ3n) is 3.37. The topological polar surface area (TPSA) is 64.3 Å². The van der Waals surface area contributed by atoms with E-state index >= 15 is 0 Å². The maximum absolute atomic E-state index is 11.7. The van der Waals surface area contributed by atoms with E-state index in [4.69, 9.17) is 22.1 Å². The Labute approximate surface area is 135 Å². The third-order valence-corrected chi connectivity index (χ3v) is 3.68. The summed E-state index contributed by atoms with van der Waals surface area (Å²) in [6, 6.07) is 12.9. The Morgan fingerprint density at radius 1 is 1.27 bits per heavy atom. The van der Waals surface area contributed by atoms with Crippen molar-refractivity contribution in [2.75, 3.05) is 17.7 Å². The molecule has 4 nitrogen and oxygen atoms in total. The van der Waals surface area contributed by atoms with Crippen molar-refractivity contribution in [2.24, 2.45) is 0 Å². The Balaban J connectivity index is 2.14. The van der Waals surface area contributed by atoms with Crippen LogP contribution < -0.4 is 11.1 Å². The predicted molar refractivity (Wildman–Crippen MR) is 90.6 cm³/mol. The average molecular weight is 319 g/mol. The van der Waals surface area contributed by atoms with E-state index in [0.29, 0.717) is 23.0 Å². The number of hydrogen-bond acceptors (Lipinski definition) is 4. The second-order valence-electron chi connectivity index (χ2n) is 4.92. The summed E-state index contributed by atoms with van der Waals surface area (Å²) in [5.41, 5.74) is 8.91. The molecule has 116 valence electrons. The van der Waals surface area contributed by atoms with Gasteiger partial charge in [0.25, 0.3) is 0 Å². The van der Waals surface area contributed by atoms with Gasteiger partial charge in [-0.25, -0.2) is 0 Å². The van der Waals surface area contributed by atoms with E-state index in [2.05, 4.69) is 5.32 Å². The number of carbonyl (C=O) groups excluding carboxylic acids is 1. The zero-order valence-corrected chi connectivity index (χ0v) is 13.4. The van der Waals surface area contributed by atoms with Crippen molar-refractivity contribution in [3.63, 3.8) is 0 Å². The highest BCUT2D eigenvalue weighted by Crippen LogP contribution is 2.31. The Bertz CT molecular complexity index is 636. The van der Waals surface area contributed by atoms with Gasteiger partial charge in [-0.3, -0.25) is 4.79 Å². The quantitative estimate of drug-likeness (QED) is 0.636. The van der Waals surface area contributed by atoms with Gasteiger partial charge in [0.15, 0.2) is 0 Å². The first kappa shape index (κ1) is 16.2. The highest BCUT2D eigenvalue weighted by Gasteiger charge is 2.16. The van der Waals surface area contributed by atoms with Crippen LogP contribution in [0.4, 0.5) is 17.1 Å². The lowest BCUT2D eigenvalue weighted by atomic mass is 10.0. The van der Waals surface area contributed by atoms with E-state index in [9.17, 15) is 4.79 Å². The molecule has 0 amide bonds. The van der Waals surface area contributed by atoms with E-state index in [-0.39, 0.29) is 11.9 Å². The zero-order valence-electron chi connectivity index (χ0n) is 12.6. The molecule has 22 heavy (non-hydrogen) atoms. The van der Waals surface area contributed by atoms with Crippen LogP contribution in [-0.4, -0.2) is 12.6 Å².